The lowest BCUT2D eigenvalue weighted by Crippen LogP contribution is -2.27. The molecule has 0 saturated carbocycles. The third-order valence-electron chi connectivity index (χ3n) is 3.01. The molecule has 17 heavy (non-hydrogen) atoms. The molecular weight excluding hydrogens is 218 g/mol. The molecule has 6 heteroatoms. The maximum absolute atomic E-state index is 5.00. The van der Waals surface area contributed by atoms with Crippen LogP contribution in [-0.4, -0.2) is 40.5 Å². The van der Waals surface area contributed by atoms with Gasteiger partial charge < -0.3 is 10.1 Å². The SMILES string of the molecule is COCCNC(C)c1nnnn1C(C)C(C)C. The van der Waals surface area contributed by atoms with E-state index in [1.54, 1.807) is 7.11 Å². The van der Waals surface area contributed by atoms with E-state index in [0.717, 1.165) is 12.4 Å². The van der Waals surface area contributed by atoms with Gasteiger partial charge in [0.25, 0.3) is 0 Å². The number of methoxy groups -OCH3 is 1. The topological polar surface area (TPSA) is 64.9 Å². The maximum atomic E-state index is 5.00. The van der Waals surface area contributed by atoms with Gasteiger partial charge in [-0.1, -0.05) is 13.8 Å². The van der Waals surface area contributed by atoms with Crippen LogP contribution in [0, 0.1) is 5.92 Å². The molecule has 98 valence electrons. The molecule has 0 aliphatic carbocycles. The summed E-state index contributed by atoms with van der Waals surface area (Å²) in [6, 6.07) is 0.424. The first kappa shape index (κ1) is 14.1. The number of nitrogens with one attached hydrogen (secondary N) is 1. The Hall–Kier alpha value is -1.01. The third-order valence-corrected chi connectivity index (χ3v) is 3.01. The Morgan fingerprint density at radius 2 is 2.00 bits per heavy atom. The number of hydrogen-bond acceptors (Lipinski definition) is 5. The van der Waals surface area contributed by atoms with E-state index in [0.29, 0.717) is 18.6 Å². The molecule has 0 amide bonds. The zero-order valence-corrected chi connectivity index (χ0v) is 11.3. The molecule has 1 aromatic rings. The van der Waals surface area contributed by atoms with Crippen LogP contribution < -0.4 is 5.32 Å². The average molecular weight is 241 g/mol. The first-order valence-corrected chi connectivity index (χ1v) is 6.08. The van der Waals surface area contributed by atoms with Gasteiger partial charge in [-0.2, -0.15) is 0 Å². The molecule has 2 unspecified atom stereocenters. The fraction of sp³-hybridized carbons (Fsp3) is 0.909. The molecular formula is C11H23N5O. The molecule has 0 saturated heterocycles. The Morgan fingerprint density at radius 3 is 2.59 bits per heavy atom. The number of nitrogens with zero attached hydrogens (tertiary/aromatic N) is 4. The summed E-state index contributed by atoms with van der Waals surface area (Å²) in [5, 5.41) is 15.3. The first-order valence-electron chi connectivity index (χ1n) is 6.08. The standard InChI is InChI=1S/C11H23N5O/c1-8(2)10(4)16-11(13-14-15-16)9(3)12-6-7-17-5/h8-10,12H,6-7H2,1-5H3. The maximum Gasteiger partial charge on any atom is 0.168 e. The van der Waals surface area contributed by atoms with E-state index in [1.165, 1.54) is 0 Å². The highest BCUT2D eigenvalue weighted by Gasteiger charge is 2.19. The van der Waals surface area contributed by atoms with Crippen LogP contribution >= 0.6 is 0 Å². The average Bonchev–Trinajstić information content (AvgIpc) is 2.76. The minimum absolute atomic E-state index is 0.126. The molecule has 0 aliphatic heterocycles. The molecule has 0 fully saturated rings. The lowest BCUT2D eigenvalue weighted by atomic mass is 10.1. The Morgan fingerprint density at radius 1 is 1.29 bits per heavy atom. The quantitative estimate of drug-likeness (QED) is 0.726. The summed E-state index contributed by atoms with van der Waals surface area (Å²) in [5.74, 6) is 1.38. The van der Waals surface area contributed by atoms with E-state index in [4.69, 9.17) is 4.74 Å². The van der Waals surface area contributed by atoms with Crippen LogP contribution in [0.5, 0.6) is 0 Å². The van der Waals surface area contributed by atoms with E-state index < -0.39 is 0 Å². The summed E-state index contributed by atoms with van der Waals surface area (Å²) in [5.41, 5.74) is 0. The van der Waals surface area contributed by atoms with Crippen molar-refractivity contribution in [1.82, 2.24) is 25.5 Å². The van der Waals surface area contributed by atoms with Crippen molar-refractivity contribution in [1.29, 1.82) is 0 Å². The molecule has 6 nitrogen and oxygen atoms in total. The minimum Gasteiger partial charge on any atom is -0.383 e. The summed E-state index contributed by atoms with van der Waals surface area (Å²) in [6.07, 6.45) is 0. The summed E-state index contributed by atoms with van der Waals surface area (Å²) in [6.45, 7) is 10.0. The summed E-state index contributed by atoms with van der Waals surface area (Å²) < 4.78 is 6.90. The molecule has 1 heterocycles. The van der Waals surface area contributed by atoms with Crippen molar-refractivity contribution in [3.63, 3.8) is 0 Å². The molecule has 0 radical (unpaired) electrons. The van der Waals surface area contributed by atoms with E-state index >= 15 is 0 Å². The van der Waals surface area contributed by atoms with E-state index in [9.17, 15) is 0 Å². The predicted molar refractivity (Wildman–Crippen MR) is 65.7 cm³/mol. The lowest BCUT2D eigenvalue weighted by molar-refractivity contribution is 0.195. The van der Waals surface area contributed by atoms with Crippen LogP contribution in [0.25, 0.3) is 0 Å². The Labute approximate surface area is 103 Å². The number of rotatable bonds is 7. The minimum atomic E-state index is 0.126. The zero-order chi connectivity index (χ0) is 12.8. The molecule has 0 bridgehead atoms. The fourth-order valence-corrected chi connectivity index (χ4v) is 1.53. The van der Waals surface area contributed by atoms with E-state index in [2.05, 4.69) is 48.5 Å². The molecule has 1 aromatic heterocycles. The normalized spacial score (nSPS) is 15.2. The van der Waals surface area contributed by atoms with Gasteiger partial charge in [-0.15, -0.1) is 5.10 Å². The molecule has 1 N–H and O–H groups in total. The molecule has 2 atom stereocenters. The van der Waals surface area contributed by atoms with Gasteiger partial charge in [-0.25, -0.2) is 4.68 Å². The fourth-order valence-electron chi connectivity index (χ4n) is 1.53. The van der Waals surface area contributed by atoms with Crippen LogP contribution in [0.15, 0.2) is 0 Å². The van der Waals surface area contributed by atoms with Crippen LogP contribution in [0.4, 0.5) is 0 Å². The highest BCUT2D eigenvalue weighted by atomic mass is 16.5. The van der Waals surface area contributed by atoms with E-state index in [-0.39, 0.29) is 6.04 Å². The van der Waals surface area contributed by atoms with Gasteiger partial charge in [-0.05, 0) is 30.2 Å². The Bertz CT molecular complexity index is 325. The third kappa shape index (κ3) is 3.74. The number of ether oxygens (including phenoxy) is 1. The number of tetrazole rings is 1. The highest BCUT2D eigenvalue weighted by molar-refractivity contribution is 4.91. The Kier molecular flexibility index (Phi) is 5.50. The number of aromatic nitrogens is 4. The van der Waals surface area contributed by atoms with Crippen molar-refractivity contribution in [3.05, 3.63) is 5.82 Å². The second-order valence-electron chi connectivity index (χ2n) is 4.63. The lowest BCUT2D eigenvalue weighted by Gasteiger charge is -2.20. The van der Waals surface area contributed by atoms with Gasteiger partial charge in [0.05, 0.1) is 18.7 Å². The number of hydrogen-bond donors (Lipinski definition) is 1. The van der Waals surface area contributed by atoms with Gasteiger partial charge in [0.15, 0.2) is 5.82 Å². The van der Waals surface area contributed by atoms with Crippen molar-refractivity contribution in [2.45, 2.75) is 39.8 Å². The predicted octanol–water partition coefficient (Wildman–Crippen LogP) is 1.19. The van der Waals surface area contributed by atoms with Crippen LogP contribution in [-0.2, 0) is 4.74 Å². The van der Waals surface area contributed by atoms with Crippen molar-refractivity contribution in [2.24, 2.45) is 5.92 Å². The second kappa shape index (κ2) is 6.66. The summed E-state index contributed by atoms with van der Waals surface area (Å²) in [4.78, 5) is 0. The van der Waals surface area contributed by atoms with Crippen molar-refractivity contribution < 1.29 is 4.74 Å². The smallest absolute Gasteiger partial charge is 0.168 e. The largest absolute Gasteiger partial charge is 0.383 e. The van der Waals surface area contributed by atoms with Gasteiger partial charge >= 0.3 is 0 Å². The molecule has 0 aliphatic rings. The van der Waals surface area contributed by atoms with Gasteiger partial charge in [0.2, 0.25) is 0 Å². The monoisotopic (exact) mass is 241 g/mol. The van der Waals surface area contributed by atoms with Crippen molar-refractivity contribution in [2.75, 3.05) is 20.3 Å². The summed E-state index contributed by atoms with van der Waals surface area (Å²) in [7, 11) is 1.69. The first-order chi connectivity index (χ1) is 8.07. The molecule has 0 spiro atoms. The van der Waals surface area contributed by atoms with Crippen molar-refractivity contribution >= 4 is 0 Å². The molecule has 0 aromatic carbocycles. The molecule has 1 rings (SSSR count). The summed E-state index contributed by atoms with van der Waals surface area (Å²) >= 11 is 0. The second-order valence-corrected chi connectivity index (χ2v) is 4.63. The zero-order valence-electron chi connectivity index (χ0n) is 11.3. The van der Waals surface area contributed by atoms with Gasteiger partial charge in [-0.3, -0.25) is 0 Å². The van der Waals surface area contributed by atoms with Crippen LogP contribution in [0.2, 0.25) is 0 Å². The van der Waals surface area contributed by atoms with E-state index in [1.807, 2.05) is 4.68 Å². The van der Waals surface area contributed by atoms with Crippen molar-refractivity contribution in [3.8, 4) is 0 Å². The van der Waals surface area contributed by atoms with Gasteiger partial charge in [0, 0.05) is 13.7 Å². The van der Waals surface area contributed by atoms with Crippen LogP contribution in [0.1, 0.15) is 45.6 Å². The Balaban J connectivity index is 2.67. The van der Waals surface area contributed by atoms with Crippen LogP contribution in [0.3, 0.4) is 0 Å². The van der Waals surface area contributed by atoms with Gasteiger partial charge in [0.1, 0.15) is 0 Å². The highest BCUT2D eigenvalue weighted by Crippen LogP contribution is 2.19.